The Hall–Kier alpha value is -0.890. The molecule has 0 radical (unpaired) electrons. The van der Waals surface area contributed by atoms with Crippen molar-refractivity contribution in [3.8, 4) is 0 Å². The first-order chi connectivity index (χ1) is 9.40. The minimum Gasteiger partial charge on any atom is -0.316 e. The third-order valence-corrected chi connectivity index (χ3v) is 5.16. The first-order valence-corrected chi connectivity index (χ1v) is 8.01. The molecule has 1 fully saturated rings. The zero-order valence-corrected chi connectivity index (χ0v) is 12.1. The van der Waals surface area contributed by atoms with E-state index in [0.717, 1.165) is 5.92 Å². The van der Waals surface area contributed by atoms with Gasteiger partial charge in [-0.3, -0.25) is 4.98 Å². The maximum atomic E-state index is 4.72. The fourth-order valence-corrected chi connectivity index (χ4v) is 4.25. The molecule has 1 aromatic heterocycles. The van der Waals surface area contributed by atoms with E-state index in [4.69, 9.17) is 4.98 Å². The summed E-state index contributed by atoms with van der Waals surface area (Å²) >= 11 is 0. The van der Waals surface area contributed by atoms with Gasteiger partial charge in [0.05, 0.1) is 0 Å². The smallest absolute Gasteiger partial charge is 0.0482 e. The number of nitrogens with one attached hydrogen (secondary N) is 1. The van der Waals surface area contributed by atoms with Crippen molar-refractivity contribution < 1.29 is 0 Å². The molecule has 1 saturated carbocycles. The molecule has 2 heteroatoms. The number of hydrogen-bond donors (Lipinski definition) is 1. The largest absolute Gasteiger partial charge is 0.316 e. The van der Waals surface area contributed by atoms with Crippen molar-refractivity contribution in [1.29, 1.82) is 0 Å². The Labute approximate surface area is 117 Å². The van der Waals surface area contributed by atoms with Crippen LogP contribution in [-0.4, -0.2) is 18.1 Å². The van der Waals surface area contributed by atoms with Crippen LogP contribution in [0.15, 0.2) is 18.3 Å². The van der Waals surface area contributed by atoms with Crippen LogP contribution in [-0.2, 0) is 6.42 Å². The molecule has 2 atom stereocenters. The molecule has 0 aromatic carbocycles. The van der Waals surface area contributed by atoms with E-state index >= 15 is 0 Å². The summed E-state index contributed by atoms with van der Waals surface area (Å²) in [6.45, 7) is 0. The predicted octanol–water partition coefficient (Wildman–Crippen LogP) is 3.67. The normalized spacial score (nSPS) is 25.8. The lowest BCUT2D eigenvalue weighted by Gasteiger charge is -2.38. The van der Waals surface area contributed by atoms with E-state index < -0.39 is 0 Å². The third kappa shape index (κ3) is 2.69. The van der Waals surface area contributed by atoms with Gasteiger partial charge >= 0.3 is 0 Å². The lowest BCUT2D eigenvalue weighted by Crippen LogP contribution is -2.41. The van der Waals surface area contributed by atoms with Crippen LogP contribution in [0.4, 0.5) is 0 Å². The number of fused-ring (bicyclic) bond motifs is 1. The Morgan fingerprint density at radius 1 is 1.16 bits per heavy atom. The van der Waals surface area contributed by atoms with Crippen molar-refractivity contribution in [3.63, 3.8) is 0 Å². The number of likely N-dealkylation sites (N-methyl/N-ethyl adjacent to an activating group) is 1. The number of aryl methyl sites for hydroxylation is 1. The van der Waals surface area contributed by atoms with Crippen LogP contribution in [0.2, 0.25) is 0 Å². The number of hydrogen-bond acceptors (Lipinski definition) is 2. The Balaban J connectivity index is 1.83. The zero-order chi connectivity index (χ0) is 13.1. The van der Waals surface area contributed by atoms with E-state index in [9.17, 15) is 0 Å². The standard InChI is InChI=1S/C17H26N2/c1-18-16(13-7-3-2-4-8-13)15-11-5-9-14-10-6-12-19-17(14)15/h6,10,12-13,15-16,18H,2-5,7-9,11H2,1H3. The van der Waals surface area contributed by atoms with Gasteiger partial charge in [-0.2, -0.15) is 0 Å². The van der Waals surface area contributed by atoms with E-state index in [2.05, 4.69) is 24.5 Å². The molecule has 1 N–H and O–H groups in total. The van der Waals surface area contributed by atoms with E-state index in [0.29, 0.717) is 12.0 Å². The second-order valence-corrected chi connectivity index (χ2v) is 6.26. The highest BCUT2D eigenvalue weighted by Gasteiger charge is 2.33. The van der Waals surface area contributed by atoms with Gasteiger partial charge in [-0.05, 0) is 56.7 Å². The predicted molar refractivity (Wildman–Crippen MR) is 79.3 cm³/mol. The van der Waals surface area contributed by atoms with Gasteiger partial charge in [0.2, 0.25) is 0 Å². The summed E-state index contributed by atoms with van der Waals surface area (Å²) in [6, 6.07) is 5.01. The monoisotopic (exact) mass is 258 g/mol. The van der Waals surface area contributed by atoms with Gasteiger partial charge in [-0.15, -0.1) is 0 Å². The summed E-state index contributed by atoms with van der Waals surface area (Å²) in [7, 11) is 2.15. The van der Waals surface area contributed by atoms with Crippen LogP contribution in [0, 0.1) is 5.92 Å². The molecular formula is C17H26N2. The molecule has 3 rings (SSSR count). The van der Waals surface area contributed by atoms with E-state index in [1.807, 2.05) is 6.20 Å². The van der Waals surface area contributed by atoms with Crippen molar-refractivity contribution >= 4 is 0 Å². The van der Waals surface area contributed by atoms with E-state index in [-0.39, 0.29) is 0 Å². The Bertz CT molecular complexity index is 409. The van der Waals surface area contributed by atoms with Gasteiger partial charge in [0, 0.05) is 23.9 Å². The average molecular weight is 258 g/mol. The highest BCUT2D eigenvalue weighted by Crippen LogP contribution is 2.38. The highest BCUT2D eigenvalue weighted by molar-refractivity contribution is 5.27. The number of nitrogens with zero attached hydrogens (tertiary/aromatic N) is 1. The molecule has 0 aliphatic heterocycles. The Morgan fingerprint density at radius 2 is 2.00 bits per heavy atom. The fraction of sp³-hybridized carbons (Fsp3) is 0.706. The van der Waals surface area contributed by atoms with Crippen LogP contribution in [0.3, 0.4) is 0 Å². The molecule has 2 nitrogen and oxygen atoms in total. The zero-order valence-electron chi connectivity index (χ0n) is 12.1. The van der Waals surface area contributed by atoms with Gasteiger partial charge in [-0.25, -0.2) is 0 Å². The van der Waals surface area contributed by atoms with Crippen molar-refractivity contribution in [2.75, 3.05) is 7.05 Å². The summed E-state index contributed by atoms with van der Waals surface area (Å²) in [4.78, 5) is 4.72. The molecule has 0 saturated heterocycles. The minimum absolute atomic E-state index is 0.634. The van der Waals surface area contributed by atoms with Gasteiger partial charge in [0.1, 0.15) is 0 Å². The van der Waals surface area contributed by atoms with Crippen molar-refractivity contribution in [3.05, 3.63) is 29.6 Å². The van der Waals surface area contributed by atoms with Crippen LogP contribution in [0.1, 0.15) is 62.1 Å². The molecule has 1 heterocycles. The summed E-state index contributed by atoms with van der Waals surface area (Å²) in [5.74, 6) is 1.50. The highest BCUT2D eigenvalue weighted by atomic mass is 14.9. The molecular weight excluding hydrogens is 232 g/mol. The first-order valence-electron chi connectivity index (χ1n) is 8.01. The molecule has 0 bridgehead atoms. The quantitative estimate of drug-likeness (QED) is 0.895. The summed E-state index contributed by atoms with van der Waals surface area (Å²) in [5.41, 5.74) is 2.88. The SMILES string of the molecule is CNC(C1CCCCC1)C1CCCc2cccnc21. The van der Waals surface area contributed by atoms with Crippen molar-refractivity contribution in [1.82, 2.24) is 10.3 Å². The second-order valence-electron chi connectivity index (χ2n) is 6.26. The molecule has 1 aromatic rings. The molecule has 19 heavy (non-hydrogen) atoms. The lowest BCUT2D eigenvalue weighted by atomic mass is 9.73. The second kappa shape index (κ2) is 6.04. The van der Waals surface area contributed by atoms with Gasteiger partial charge < -0.3 is 5.32 Å². The third-order valence-electron chi connectivity index (χ3n) is 5.16. The van der Waals surface area contributed by atoms with Gasteiger partial charge in [-0.1, -0.05) is 25.3 Å². The van der Waals surface area contributed by atoms with Crippen LogP contribution in [0.5, 0.6) is 0 Å². The van der Waals surface area contributed by atoms with Gasteiger partial charge in [0.25, 0.3) is 0 Å². The number of pyridine rings is 1. The molecule has 2 aliphatic rings. The Kier molecular flexibility index (Phi) is 4.17. The summed E-state index contributed by atoms with van der Waals surface area (Å²) in [6.07, 6.45) is 12.9. The van der Waals surface area contributed by atoms with Crippen molar-refractivity contribution in [2.45, 2.75) is 63.3 Å². The van der Waals surface area contributed by atoms with E-state index in [1.54, 1.807) is 0 Å². The molecule has 104 valence electrons. The minimum atomic E-state index is 0.634. The Morgan fingerprint density at radius 3 is 2.79 bits per heavy atom. The van der Waals surface area contributed by atoms with Gasteiger partial charge in [0.15, 0.2) is 0 Å². The topological polar surface area (TPSA) is 24.9 Å². The summed E-state index contributed by atoms with van der Waals surface area (Å²) in [5, 5.41) is 3.64. The lowest BCUT2D eigenvalue weighted by molar-refractivity contribution is 0.235. The summed E-state index contributed by atoms with van der Waals surface area (Å²) < 4.78 is 0. The molecule has 0 amide bonds. The number of rotatable bonds is 3. The van der Waals surface area contributed by atoms with Crippen LogP contribution in [0.25, 0.3) is 0 Å². The van der Waals surface area contributed by atoms with Crippen molar-refractivity contribution in [2.24, 2.45) is 5.92 Å². The number of aromatic nitrogens is 1. The maximum absolute atomic E-state index is 4.72. The molecule has 2 unspecified atom stereocenters. The maximum Gasteiger partial charge on any atom is 0.0482 e. The first kappa shape index (κ1) is 13.1. The average Bonchev–Trinajstić information content (AvgIpc) is 2.49. The van der Waals surface area contributed by atoms with Crippen LogP contribution < -0.4 is 5.32 Å². The fourth-order valence-electron chi connectivity index (χ4n) is 4.25. The molecule has 0 spiro atoms. The van der Waals surface area contributed by atoms with Crippen LogP contribution >= 0.6 is 0 Å². The van der Waals surface area contributed by atoms with E-state index in [1.165, 1.54) is 62.6 Å². The molecule has 2 aliphatic carbocycles.